The standard InChI is InChI=1S/C14H15N5O/c1-9(15-7-13-17-8-18-19-13)12-6-16-14(20)11-5-3-2-4-10(11)12/h2-6,8-9,15H,7H2,1H3,(H,16,20)(H,17,18,19). The maximum absolute atomic E-state index is 11.8. The Balaban J connectivity index is 1.89. The molecule has 20 heavy (non-hydrogen) atoms. The van der Waals surface area contributed by atoms with Crippen LogP contribution in [0, 0.1) is 0 Å². The van der Waals surface area contributed by atoms with Crippen molar-refractivity contribution in [2.45, 2.75) is 19.5 Å². The quantitative estimate of drug-likeness (QED) is 0.670. The van der Waals surface area contributed by atoms with Gasteiger partial charge in [-0.1, -0.05) is 18.2 Å². The molecule has 3 rings (SSSR count). The van der Waals surface area contributed by atoms with E-state index >= 15 is 0 Å². The number of hydrogen-bond acceptors (Lipinski definition) is 4. The summed E-state index contributed by atoms with van der Waals surface area (Å²) in [6.07, 6.45) is 3.25. The van der Waals surface area contributed by atoms with Crippen LogP contribution in [0.1, 0.15) is 24.4 Å². The van der Waals surface area contributed by atoms with Crippen LogP contribution < -0.4 is 10.9 Å². The lowest BCUT2D eigenvalue weighted by atomic mass is 10.0. The summed E-state index contributed by atoms with van der Waals surface area (Å²) in [6.45, 7) is 2.64. The number of rotatable bonds is 4. The second-order valence-electron chi connectivity index (χ2n) is 4.65. The summed E-state index contributed by atoms with van der Waals surface area (Å²) in [7, 11) is 0. The second kappa shape index (κ2) is 5.26. The van der Waals surface area contributed by atoms with E-state index in [2.05, 4.69) is 32.4 Å². The fourth-order valence-electron chi connectivity index (χ4n) is 2.27. The number of aromatic amines is 2. The number of nitrogens with zero attached hydrogens (tertiary/aromatic N) is 2. The third-order valence-corrected chi connectivity index (χ3v) is 3.35. The molecule has 1 aromatic carbocycles. The van der Waals surface area contributed by atoms with Gasteiger partial charge in [-0.15, -0.1) is 0 Å². The summed E-state index contributed by atoms with van der Waals surface area (Å²) < 4.78 is 0. The number of nitrogens with one attached hydrogen (secondary N) is 3. The highest BCUT2D eigenvalue weighted by molar-refractivity contribution is 5.84. The van der Waals surface area contributed by atoms with Gasteiger partial charge in [-0.2, -0.15) is 5.10 Å². The van der Waals surface area contributed by atoms with E-state index in [1.165, 1.54) is 6.33 Å². The summed E-state index contributed by atoms with van der Waals surface area (Å²) in [5.41, 5.74) is 0.992. The van der Waals surface area contributed by atoms with E-state index < -0.39 is 0 Å². The van der Waals surface area contributed by atoms with Crippen LogP contribution in [0.5, 0.6) is 0 Å². The van der Waals surface area contributed by atoms with Crippen LogP contribution in [0.3, 0.4) is 0 Å². The molecule has 102 valence electrons. The largest absolute Gasteiger partial charge is 0.328 e. The molecule has 0 aliphatic heterocycles. The molecular formula is C14H15N5O. The molecule has 0 radical (unpaired) electrons. The van der Waals surface area contributed by atoms with Gasteiger partial charge in [0.1, 0.15) is 12.2 Å². The van der Waals surface area contributed by atoms with Crippen LogP contribution in [0.2, 0.25) is 0 Å². The van der Waals surface area contributed by atoms with Gasteiger partial charge >= 0.3 is 0 Å². The molecule has 2 heterocycles. The molecule has 0 amide bonds. The number of aromatic nitrogens is 4. The highest BCUT2D eigenvalue weighted by atomic mass is 16.1. The maximum atomic E-state index is 11.8. The van der Waals surface area contributed by atoms with Crippen LogP contribution >= 0.6 is 0 Å². The lowest BCUT2D eigenvalue weighted by Gasteiger charge is -2.15. The monoisotopic (exact) mass is 269 g/mol. The summed E-state index contributed by atoms with van der Waals surface area (Å²) in [5.74, 6) is 0.783. The summed E-state index contributed by atoms with van der Waals surface area (Å²) in [5, 5.41) is 11.7. The van der Waals surface area contributed by atoms with Gasteiger partial charge in [-0.25, -0.2) is 4.98 Å². The highest BCUT2D eigenvalue weighted by Gasteiger charge is 2.11. The Kier molecular flexibility index (Phi) is 3.30. The van der Waals surface area contributed by atoms with Crippen LogP contribution in [0.4, 0.5) is 0 Å². The normalized spacial score (nSPS) is 12.7. The van der Waals surface area contributed by atoms with E-state index in [-0.39, 0.29) is 11.6 Å². The number of hydrogen-bond donors (Lipinski definition) is 3. The van der Waals surface area contributed by atoms with Gasteiger partial charge in [0.2, 0.25) is 0 Å². The SMILES string of the molecule is CC(NCc1ncn[nH]1)c1c[nH]c(=O)c2ccccc12. The van der Waals surface area contributed by atoms with Gasteiger partial charge in [-0.3, -0.25) is 9.89 Å². The molecule has 0 aliphatic carbocycles. The third-order valence-electron chi connectivity index (χ3n) is 3.35. The van der Waals surface area contributed by atoms with Crippen molar-refractivity contribution in [2.24, 2.45) is 0 Å². The topological polar surface area (TPSA) is 86.5 Å². The van der Waals surface area contributed by atoms with E-state index in [1.54, 1.807) is 6.20 Å². The highest BCUT2D eigenvalue weighted by Crippen LogP contribution is 2.20. The minimum atomic E-state index is -0.0632. The fourth-order valence-corrected chi connectivity index (χ4v) is 2.27. The Morgan fingerprint density at radius 3 is 2.85 bits per heavy atom. The molecule has 1 unspecified atom stereocenters. The molecule has 3 N–H and O–H groups in total. The van der Waals surface area contributed by atoms with Crippen molar-refractivity contribution < 1.29 is 0 Å². The molecule has 0 saturated carbocycles. The lowest BCUT2D eigenvalue weighted by Crippen LogP contribution is -2.20. The average molecular weight is 269 g/mol. The Morgan fingerprint density at radius 2 is 2.10 bits per heavy atom. The van der Waals surface area contributed by atoms with Crippen molar-refractivity contribution >= 4 is 10.8 Å². The van der Waals surface area contributed by atoms with E-state index in [9.17, 15) is 4.79 Å². The van der Waals surface area contributed by atoms with Crippen LogP contribution in [-0.4, -0.2) is 20.2 Å². The molecule has 0 fully saturated rings. The van der Waals surface area contributed by atoms with Crippen molar-refractivity contribution in [2.75, 3.05) is 0 Å². The zero-order valence-electron chi connectivity index (χ0n) is 11.1. The maximum Gasteiger partial charge on any atom is 0.255 e. The summed E-state index contributed by atoms with van der Waals surface area (Å²) in [6, 6.07) is 7.69. The molecular weight excluding hydrogens is 254 g/mol. The lowest BCUT2D eigenvalue weighted by molar-refractivity contribution is 0.562. The predicted molar refractivity (Wildman–Crippen MR) is 76.2 cm³/mol. The molecule has 0 aliphatic rings. The zero-order valence-corrected chi connectivity index (χ0v) is 11.1. The van der Waals surface area contributed by atoms with E-state index in [4.69, 9.17) is 0 Å². The van der Waals surface area contributed by atoms with Crippen molar-refractivity contribution in [1.29, 1.82) is 0 Å². The molecule has 6 nitrogen and oxygen atoms in total. The van der Waals surface area contributed by atoms with Crippen molar-refractivity contribution in [1.82, 2.24) is 25.5 Å². The first-order valence-electron chi connectivity index (χ1n) is 6.43. The van der Waals surface area contributed by atoms with Gasteiger partial charge in [0, 0.05) is 17.6 Å². The van der Waals surface area contributed by atoms with Crippen molar-refractivity contribution in [3.63, 3.8) is 0 Å². The minimum absolute atomic E-state index is 0.0632. The smallest absolute Gasteiger partial charge is 0.255 e. The Morgan fingerprint density at radius 1 is 1.30 bits per heavy atom. The first-order valence-corrected chi connectivity index (χ1v) is 6.43. The molecule has 6 heteroatoms. The van der Waals surface area contributed by atoms with Crippen molar-refractivity contribution in [3.05, 3.63) is 58.5 Å². The van der Waals surface area contributed by atoms with E-state index in [1.807, 2.05) is 24.3 Å². The van der Waals surface area contributed by atoms with Crippen LogP contribution in [-0.2, 0) is 6.54 Å². The Hall–Kier alpha value is -2.47. The van der Waals surface area contributed by atoms with Gasteiger partial charge in [-0.05, 0) is 23.9 Å². The number of benzene rings is 1. The average Bonchev–Trinajstić information content (AvgIpc) is 2.99. The van der Waals surface area contributed by atoms with Gasteiger partial charge < -0.3 is 10.3 Å². The van der Waals surface area contributed by atoms with Crippen LogP contribution in [0.15, 0.2) is 41.6 Å². The van der Waals surface area contributed by atoms with Gasteiger partial charge in [0.25, 0.3) is 5.56 Å². The Bertz CT molecular complexity index is 763. The minimum Gasteiger partial charge on any atom is -0.328 e. The summed E-state index contributed by atoms with van der Waals surface area (Å²) in [4.78, 5) is 18.7. The molecule has 0 saturated heterocycles. The van der Waals surface area contributed by atoms with Gasteiger partial charge in [0.05, 0.1) is 6.54 Å². The number of fused-ring (bicyclic) bond motifs is 1. The molecule has 0 spiro atoms. The molecule has 0 bridgehead atoms. The Labute approximate surface area is 115 Å². The van der Waals surface area contributed by atoms with Crippen LogP contribution in [0.25, 0.3) is 10.8 Å². The first-order chi connectivity index (χ1) is 9.75. The third kappa shape index (κ3) is 2.33. The van der Waals surface area contributed by atoms with E-state index in [0.29, 0.717) is 11.9 Å². The molecule has 3 aromatic rings. The first kappa shape index (κ1) is 12.6. The van der Waals surface area contributed by atoms with Gasteiger partial charge in [0.15, 0.2) is 0 Å². The molecule has 1 atom stereocenters. The predicted octanol–water partition coefficient (Wildman–Crippen LogP) is 1.50. The summed E-state index contributed by atoms with van der Waals surface area (Å²) >= 11 is 0. The zero-order chi connectivity index (χ0) is 13.9. The van der Waals surface area contributed by atoms with Crippen molar-refractivity contribution in [3.8, 4) is 0 Å². The van der Waals surface area contributed by atoms with E-state index in [0.717, 1.165) is 16.8 Å². The number of pyridine rings is 1. The second-order valence-corrected chi connectivity index (χ2v) is 4.65. The molecule has 2 aromatic heterocycles. The number of H-pyrrole nitrogens is 2. The fraction of sp³-hybridized carbons (Fsp3) is 0.214.